The smallest absolute Gasteiger partial charge is 1.00 e. The van der Waals surface area contributed by atoms with Gasteiger partial charge in [0.15, 0.2) is 0 Å². The van der Waals surface area contributed by atoms with Gasteiger partial charge in [-0.3, -0.25) is 0 Å². The Bertz CT molecular complexity index is 35.0. The van der Waals surface area contributed by atoms with Crippen LogP contribution in [-0.2, 0) is 0 Å². The predicted molar refractivity (Wildman–Crippen MR) is 19.5 cm³/mol. The van der Waals surface area contributed by atoms with Crippen LogP contribution in [0.1, 0.15) is 0 Å². The van der Waals surface area contributed by atoms with E-state index in [1.807, 2.05) is 0 Å². The molecule has 8 heavy (non-hydrogen) atoms. The van der Waals surface area contributed by atoms with Crippen molar-refractivity contribution in [3.63, 3.8) is 0 Å². The molecule has 0 amide bonds. The van der Waals surface area contributed by atoms with Crippen molar-refractivity contribution in [1.82, 2.24) is 0 Å². The maximum Gasteiger partial charge on any atom is 3.00 e. The topological polar surface area (TPSA) is 0 Å². The van der Waals surface area contributed by atoms with Crippen molar-refractivity contribution in [2.75, 3.05) is 0 Å². The predicted octanol–water partition coefficient (Wildman–Crippen LogP) is 0.488. The molecule has 0 atom stereocenters. The van der Waals surface area contributed by atoms with Gasteiger partial charge in [-0.05, 0) is 0 Å². The maximum atomic E-state index is 5.00. The second-order valence-electron chi connectivity index (χ2n) is 0. The molecule has 0 N–H and O–H groups in total. The minimum atomic E-state index is 0. The Morgan fingerprint density at radius 1 is 0.375 bits per heavy atom. The van der Waals surface area contributed by atoms with Crippen LogP contribution in [-0.4, -0.2) is 0 Å². The summed E-state index contributed by atoms with van der Waals surface area (Å²) in [7, 11) is 0. The Morgan fingerprint density at radius 2 is 0.375 bits per heavy atom. The third kappa shape index (κ3) is 150. The van der Waals surface area contributed by atoms with Gasteiger partial charge in [-0.1, -0.05) is 0 Å². The fourth-order valence-corrected chi connectivity index (χ4v) is 0. The molecule has 0 aromatic carbocycles. The van der Waals surface area contributed by atoms with Crippen molar-refractivity contribution in [3.05, 3.63) is 38.5 Å². The minimum Gasteiger partial charge on any atom is -1.00 e. The molecule has 0 aliphatic heterocycles. The van der Waals surface area contributed by atoms with Crippen LogP contribution in [0.15, 0.2) is 0 Å². The van der Waals surface area contributed by atoms with Gasteiger partial charge in [0.05, 0.1) is 0 Å². The van der Waals surface area contributed by atoms with Crippen LogP contribution in [0.4, 0.5) is 0 Å². The van der Waals surface area contributed by atoms with Crippen molar-refractivity contribution in [2.45, 2.75) is 0 Å². The quantitative estimate of drug-likeness (QED) is 0.440. The molecule has 0 fully saturated rings. The fourth-order valence-electron chi connectivity index (χ4n) is 0. The van der Waals surface area contributed by atoms with Crippen molar-refractivity contribution >= 4 is 0 Å². The zero-order valence-corrected chi connectivity index (χ0v) is 10.3. The molecule has 0 aliphatic carbocycles. The minimum absolute atomic E-state index is 0. The van der Waals surface area contributed by atoms with Crippen LogP contribution in [0.2, 0.25) is 0 Å². The molecule has 2 radical (unpaired) electrons. The molecule has 2 heteroatoms. The molecule has 0 aliphatic rings. The summed E-state index contributed by atoms with van der Waals surface area (Å²) in [6.45, 7) is 0. The van der Waals surface area contributed by atoms with Crippen LogP contribution in [0.5, 0.6) is 0 Å². The maximum absolute atomic E-state index is 5.00. The average Bonchev–Trinajstić information content (AvgIpc) is 1.81. The van der Waals surface area contributed by atoms with Crippen LogP contribution in [0.25, 0.3) is 0 Å². The Balaban J connectivity index is -0.00000000500. The molecule has 0 aromatic rings. The first-order chi connectivity index (χ1) is 3.00. The summed E-state index contributed by atoms with van der Waals surface area (Å²) < 4.78 is 0. The molecular weight excluding hydrogens is 352 g/mol. The van der Waals surface area contributed by atoms with Crippen molar-refractivity contribution in [2.24, 2.45) is 0 Å². The Labute approximate surface area is 119 Å². The van der Waals surface area contributed by atoms with Crippen LogP contribution in [0, 0.1) is 122 Å². The van der Waals surface area contributed by atoms with E-state index in [4.69, 9.17) is 38.5 Å². The molecule has 0 saturated heterocycles. The van der Waals surface area contributed by atoms with Crippen molar-refractivity contribution in [1.29, 1.82) is 0 Å². The van der Waals surface area contributed by atoms with Gasteiger partial charge in [-0.15, -0.1) is 0 Å². The van der Waals surface area contributed by atoms with E-state index in [0.717, 1.165) is 0 Å². The zero-order chi connectivity index (χ0) is 6.00. The summed E-state index contributed by atoms with van der Waals surface area (Å²) in [5.74, 6) is 0. The standard InChI is InChI=1S/3C2.2Ce/c3*1-2;;/q3*-2;2*+3. The zero-order valence-electron chi connectivity index (χ0n) is 4.00. The molecule has 0 rings (SSSR count). The van der Waals surface area contributed by atoms with Gasteiger partial charge in [-0.2, -0.15) is 0 Å². The fraction of sp³-hybridized carbons (Fsp3) is 0. The largest absolute Gasteiger partial charge is 3.00 e. The van der Waals surface area contributed by atoms with E-state index in [9.17, 15) is 0 Å². The van der Waals surface area contributed by atoms with Gasteiger partial charge in [-0.25, -0.2) is 0 Å². The van der Waals surface area contributed by atoms with Gasteiger partial charge in [0.25, 0.3) is 0 Å². The van der Waals surface area contributed by atoms with Crippen molar-refractivity contribution in [3.8, 4) is 0 Å². The van der Waals surface area contributed by atoms with Gasteiger partial charge in [0, 0.05) is 0 Å². The summed E-state index contributed by atoms with van der Waals surface area (Å²) in [6.07, 6.45) is 30.0. The second kappa shape index (κ2) is 227. The molecule has 0 heterocycles. The number of hydrogen-bond donors (Lipinski definition) is 0. The van der Waals surface area contributed by atoms with Crippen LogP contribution < -0.4 is 0 Å². The normalized spacial score (nSPS) is 0.750. The summed E-state index contributed by atoms with van der Waals surface area (Å²) in [5.41, 5.74) is 0. The molecule has 0 unspecified atom stereocenters. The van der Waals surface area contributed by atoms with E-state index < -0.39 is 0 Å². The first-order valence-electron chi connectivity index (χ1n) is 0.750. The second-order valence-corrected chi connectivity index (χ2v) is 0. The van der Waals surface area contributed by atoms with Crippen LogP contribution in [0.3, 0.4) is 0 Å². The molecule has 0 bridgehead atoms. The molecule has 0 aromatic heterocycles. The third-order valence-corrected chi connectivity index (χ3v) is 0. The van der Waals surface area contributed by atoms with Gasteiger partial charge < -0.3 is 38.5 Å². The van der Waals surface area contributed by atoms with E-state index in [1.54, 1.807) is 0 Å². The SMILES string of the molecule is [C-]#[C-].[C-]#[C-].[C-]#[C-].[Ce+3].[Ce+3]. The summed E-state index contributed by atoms with van der Waals surface area (Å²) >= 11 is 0. The number of rotatable bonds is 0. The average molecular weight is 352 g/mol. The van der Waals surface area contributed by atoms with E-state index in [-0.39, 0.29) is 83.5 Å². The first kappa shape index (κ1) is 34.1. The Hall–Kier alpha value is 1.43. The summed E-state index contributed by atoms with van der Waals surface area (Å²) in [6, 6.07) is 0. The monoisotopic (exact) mass is 352 g/mol. The molecular formula is C6Ce2. The Kier molecular flexibility index (Phi) is 968. The van der Waals surface area contributed by atoms with E-state index in [0.29, 0.717) is 0 Å². The molecule has 0 nitrogen and oxygen atoms in total. The van der Waals surface area contributed by atoms with Crippen LogP contribution >= 0.6 is 0 Å². The van der Waals surface area contributed by atoms with E-state index in [1.165, 1.54) is 0 Å². The van der Waals surface area contributed by atoms with Gasteiger partial charge >= 0.3 is 83.5 Å². The molecule has 32 valence electrons. The van der Waals surface area contributed by atoms with E-state index >= 15 is 0 Å². The Morgan fingerprint density at radius 3 is 0.375 bits per heavy atom. The molecule has 0 saturated carbocycles. The van der Waals surface area contributed by atoms with Gasteiger partial charge in [0.2, 0.25) is 0 Å². The first-order valence-corrected chi connectivity index (χ1v) is 0.750. The summed E-state index contributed by atoms with van der Waals surface area (Å²) in [5, 5.41) is 0. The van der Waals surface area contributed by atoms with E-state index in [2.05, 4.69) is 0 Å². The molecule has 0 spiro atoms. The third-order valence-electron chi connectivity index (χ3n) is 0. The number of hydrogen-bond acceptors (Lipinski definition) is 0. The summed E-state index contributed by atoms with van der Waals surface area (Å²) in [4.78, 5) is 0. The van der Waals surface area contributed by atoms with Crippen molar-refractivity contribution < 1.29 is 83.5 Å². The van der Waals surface area contributed by atoms with Gasteiger partial charge in [0.1, 0.15) is 0 Å².